The molecule has 1 aromatic heterocycles. The third kappa shape index (κ3) is 5.46. The van der Waals surface area contributed by atoms with Crippen LogP contribution >= 0.6 is 0 Å². The van der Waals surface area contributed by atoms with E-state index in [4.69, 9.17) is 4.74 Å². The van der Waals surface area contributed by atoms with E-state index in [1.54, 1.807) is 31.4 Å². The second kappa shape index (κ2) is 10.1. The molecule has 8 heteroatoms. The van der Waals surface area contributed by atoms with Crippen molar-refractivity contribution in [1.82, 2.24) is 20.5 Å². The normalized spacial score (nSPS) is 16.6. The molecule has 0 radical (unpaired) electrons. The summed E-state index contributed by atoms with van der Waals surface area (Å²) in [4.78, 5) is 10.5. The predicted molar refractivity (Wildman–Crippen MR) is 104 cm³/mol. The van der Waals surface area contributed by atoms with E-state index in [1.807, 2.05) is 0 Å². The van der Waals surface area contributed by atoms with Crippen molar-refractivity contribution in [1.29, 1.82) is 0 Å². The van der Waals surface area contributed by atoms with E-state index in [0.29, 0.717) is 31.4 Å². The van der Waals surface area contributed by atoms with Gasteiger partial charge in [0, 0.05) is 32.9 Å². The van der Waals surface area contributed by atoms with Gasteiger partial charge in [-0.1, -0.05) is 12.1 Å². The van der Waals surface area contributed by atoms with E-state index in [-0.39, 0.29) is 24.2 Å². The number of hydrogen-bond acceptors (Lipinski definition) is 4. The molecule has 3 rings (SSSR count). The molecule has 28 heavy (non-hydrogen) atoms. The van der Waals surface area contributed by atoms with Gasteiger partial charge in [-0.2, -0.15) is 0 Å². The molecule has 2 heterocycles. The van der Waals surface area contributed by atoms with Crippen LogP contribution in [0.15, 0.2) is 47.6 Å². The van der Waals surface area contributed by atoms with E-state index in [2.05, 4.69) is 25.5 Å². The first kappa shape index (κ1) is 20.2. The second-order valence-corrected chi connectivity index (χ2v) is 6.45. The standard InChI is InChI=1S/C20H25F2N5O/c1-23-20(25-13-18-17(22)3-2-8-24-18)26-14-19(27-9-11-28-12-10-27)15-4-6-16(21)7-5-15/h2-8,19H,9-14H2,1H3,(H2,23,25,26). The third-order valence-electron chi connectivity index (χ3n) is 4.69. The number of morpholine rings is 1. The quantitative estimate of drug-likeness (QED) is 0.585. The summed E-state index contributed by atoms with van der Waals surface area (Å²) in [7, 11) is 1.66. The molecule has 1 saturated heterocycles. The predicted octanol–water partition coefficient (Wildman–Crippen LogP) is 2.10. The first-order valence-electron chi connectivity index (χ1n) is 9.28. The van der Waals surface area contributed by atoms with Crippen molar-refractivity contribution in [3.05, 3.63) is 65.5 Å². The largest absolute Gasteiger partial charge is 0.379 e. The van der Waals surface area contributed by atoms with Crippen LogP contribution in [0.2, 0.25) is 0 Å². The van der Waals surface area contributed by atoms with Crippen molar-refractivity contribution >= 4 is 5.96 Å². The molecule has 0 spiro atoms. The molecule has 0 aliphatic carbocycles. The summed E-state index contributed by atoms with van der Waals surface area (Å²) in [6.07, 6.45) is 1.55. The lowest BCUT2D eigenvalue weighted by molar-refractivity contribution is 0.0170. The summed E-state index contributed by atoms with van der Waals surface area (Å²) in [5, 5.41) is 6.36. The van der Waals surface area contributed by atoms with Gasteiger partial charge >= 0.3 is 0 Å². The molecule has 6 nitrogen and oxygen atoms in total. The molecular weight excluding hydrogens is 364 g/mol. The average molecular weight is 389 g/mol. The lowest BCUT2D eigenvalue weighted by Gasteiger charge is -2.35. The molecule has 2 aromatic rings. The minimum atomic E-state index is -0.358. The Bertz CT molecular complexity index is 778. The van der Waals surface area contributed by atoms with Crippen LogP contribution < -0.4 is 10.6 Å². The van der Waals surface area contributed by atoms with Crippen molar-refractivity contribution in [3.8, 4) is 0 Å². The number of pyridine rings is 1. The van der Waals surface area contributed by atoms with Gasteiger partial charge in [-0.05, 0) is 29.8 Å². The van der Waals surface area contributed by atoms with Crippen LogP contribution in [-0.4, -0.2) is 55.7 Å². The molecule has 1 atom stereocenters. The minimum Gasteiger partial charge on any atom is -0.379 e. The van der Waals surface area contributed by atoms with Gasteiger partial charge in [0.15, 0.2) is 5.96 Å². The van der Waals surface area contributed by atoms with Gasteiger partial charge in [-0.3, -0.25) is 14.9 Å². The van der Waals surface area contributed by atoms with E-state index in [9.17, 15) is 8.78 Å². The van der Waals surface area contributed by atoms with Gasteiger partial charge < -0.3 is 15.4 Å². The Hall–Kier alpha value is -2.58. The Morgan fingerprint density at radius 2 is 1.93 bits per heavy atom. The average Bonchev–Trinajstić information content (AvgIpc) is 2.73. The highest BCUT2D eigenvalue weighted by Gasteiger charge is 2.23. The SMILES string of the molecule is CN=C(NCc1ncccc1F)NCC(c1ccc(F)cc1)N1CCOCC1. The highest BCUT2D eigenvalue weighted by molar-refractivity contribution is 5.79. The Morgan fingerprint density at radius 1 is 1.18 bits per heavy atom. The zero-order chi connectivity index (χ0) is 19.8. The fourth-order valence-electron chi connectivity index (χ4n) is 3.16. The number of aromatic nitrogens is 1. The molecule has 0 bridgehead atoms. The highest BCUT2D eigenvalue weighted by atomic mass is 19.1. The number of benzene rings is 1. The van der Waals surface area contributed by atoms with Crippen LogP contribution in [0.25, 0.3) is 0 Å². The Labute approximate surface area is 163 Å². The summed E-state index contributed by atoms with van der Waals surface area (Å²) in [6.45, 7) is 3.73. The van der Waals surface area contributed by atoms with E-state index < -0.39 is 0 Å². The number of nitrogens with zero attached hydrogens (tertiary/aromatic N) is 3. The van der Waals surface area contributed by atoms with E-state index in [1.165, 1.54) is 18.2 Å². The maximum Gasteiger partial charge on any atom is 0.191 e. The molecule has 2 N–H and O–H groups in total. The third-order valence-corrected chi connectivity index (χ3v) is 4.69. The minimum absolute atomic E-state index is 0.0367. The number of rotatable bonds is 6. The Morgan fingerprint density at radius 3 is 2.61 bits per heavy atom. The summed E-state index contributed by atoms with van der Waals surface area (Å²) < 4.78 is 32.5. The smallest absolute Gasteiger partial charge is 0.191 e. The number of guanidine groups is 1. The summed E-state index contributed by atoms with van der Waals surface area (Å²) in [6, 6.07) is 9.52. The van der Waals surface area contributed by atoms with Crippen LogP contribution in [0, 0.1) is 11.6 Å². The molecule has 1 fully saturated rings. The van der Waals surface area contributed by atoms with E-state index in [0.717, 1.165) is 18.7 Å². The summed E-state index contributed by atoms with van der Waals surface area (Å²) in [5.41, 5.74) is 1.34. The summed E-state index contributed by atoms with van der Waals surface area (Å²) >= 11 is 0. The lowest BCUT2D eigenvalue weighted by Crippen LogP contribution is -2.46. The summed E-state index contributed by atoms with van der Waals surface area (Å²) in [5.74, 6) is -0.0688. The van der Waals surface area contributed by atoms with Gasteiger partial charge in [-0.25, -0.2) is 8.78 Å². The van der Waals surface area contributed by atoms with Crippen LogP contribution in [-0.2, 0) is 11.3 Å². The zero-order valence-electron chi connectivity index (χ0n) is 15.9. The van der Waals surface area contributed by atoms with Gasteiger partial charge in [0.05, 0.1) is 31.5 Å². The molecule has 1 aromatic carbocycles. The Balaban J connectivity index is 1.64. The van der Waals surface area contributed by atoms with Crippen LogP contribution in [0.5, 0.6) is 0 Å². The highest BCUT2D eigenvalue weighted by Crippen LogP contribution is 2.21. The molecule has 1 aliphatic heterocycles. The topological polar surface area (TPSA) is 61.8 Å². The number of aliphatic imine (C=N–C) groups is 1. The number of nitrogens with one attached hydrogen (secondary N) is 2. The van der Waals surface area contributed by atoms with Crippen molar-refractivity contribution in [2.24, 2.45) is 4.99 Å². The molecule has 0 amide bonds. The first-order chi connectivity index (χ1) is 13.7. The molecule has 150 valence electrons. The van der Waals surface area contributed by atoms with Crippen LogP contribution in [0.3, 0.4) is 0 Å². The van der Waals surface area contributed by atoms with Crippen molar-refractivity contribution in [2.75, 3.05) is 39.9 Å². The molecule has 0 saturated carbocycles. The van der Waals surface area contributed by atoms with Gasteiger partial charge in [-0.15, -0.1) is 0 Å². The monoisotopic (exact) mass is 389 g/mol. The van der Waals surface area contributed by atoms with Crippen molar-refractivity contribution < 1.29 is 13.5 Å². The second-order valence-electron chi connectivity index (χ2n) is 6.45. The van der Waals surface area contributed by atoms with Gasteiger partial charge in [0.25, 0.3) is 0 Å². The van der Waals surface area contributed by atoms with Crippen molar-refractivity contribution in [2.45, 2.75) is 12.6 Å². The molecular formula is C20H25F2N5O. The number of halogens is 2. The number of hydrogen-bond donors (Lipinski definition) is 2. The molecule has 1 unspecified atom stereocenters. The lowest BCUT2D eigenvalue weighted by atomic mass is 10.0. The zero-order valence-corrected chi connectivity index (χ0v) is 15.9. The van der Waals surface area contributed by atoms with Crippen molar-refractivity contribution in [3.63, 3.8) is 0 Å². The van der Waals surface area contributed by atoms with Gasteiger partial charge in [0.2, 0.25) is 0 Å². The first-order valence-corrected chi connectivity index (χ1v) is 9.28. The Kier molecular flexibility index (Phi) is 7.27. The fourth-order valence-corrected chi connectivity index (χ4v) is 3.16. The van der Waals surface area contributed by atoms with E-state index >= 15 is 0 Å². The maximum absolute atomic E-state index is 13.7. The maximum atomic E-state index is 13.7. The number of ether oxygens (including phenoxy) is 1. The molecule has 1 aliphatic rings. The van der Waals surface area contributed by atoms with Crippen LogP contribution in [0.4, 0.5) is 8.78 Å². The van der Waals surface area contributed by atoms with Gasteiger partial charge in [0.1, 0.15) is 11.6 Å². The van der Waals surface area contributed by atoms with Crippen LogP contribution in [0.1, 0.15) is 17.3 Å². The fraction of sp³-hybridized carbons (Fsp3) is 0.400.